The van der Waals surface area contributed by atoms with Crippen LogP contribution in [-0.2, 0) is 9.63 Å². The number of Topliss-reactive ketones (excluding diaryl/α,β-unsaturated/α-hetero) is 1. The molecule has 0 bridgehead atoms. The van der Waals surface area contributed by atoms with Gasteiger partial charge in [-0.3, -0.25) is 9.63 Å². The molecule has 1 rings (SSSR count). The van der Waals surface area contributed by atoms with Gasteiger partial charge in [0.05, 0.1) is 0 Å². The molecule has 3 heteroatoms. The van der Waals surface area contributed by atoms with Crippen LogP contribution in [0, 0.1) is 5.92 Å². The summed E-state index contributed by atoms with van der Waals surface area (Å²) in [7, 11) is 0. The third-order valence-corrected chi connectivity index (χ3v) is 1.50. The highest BCUT2D eigenvalue weighted by atomic mass is 16.6. The molecule has 46 valence electrons. The normalized spacial score (nSPS) is 37.0. The van der Waals surface area contributed by atoms with Crippen molar-refractivity contribution in [2.45, 2.75) is 19.4 Å². The Hall–Kier alpha value is -0.410. The van der Waals surface area contributed by atoms with E-state index in [-0.39, 0.29) is 11.9 Å². The van der Waals surface area contributed by atoms with Gasteiger partial charge in [-0.2, -0.15) is 0 Å². The number of hydrogen-bond donors (Lipinski definition) is 1. The summed E-state index contributed by atoms with van der Waals surface area (Å²) in [4.78, 5) is 14.8. The second-order valence-corrected chi connectivity index (χ2v) is 2.20. The lowest BCUT2D eigenvalue weighted by atomic mass is 9.82. The van der Waals surface area contributed by atoms with Gasteiger partial charge >= 0.3 is 0 Å². The van der Waals surface area contributed by atoms with Crippen LogP contribution in [0.2, 0.25) is 0 Å². The van der Waals surface area contributed by atoms with Crippen LogP contribution >= 0.6 is 0 Å². The fourth-order valence-electron chi connectivity index (χ4n) is 0.907. The Morgan fingerprint density at radius 1 is 1.88 bits per heavy atom. The van der Waals surface area contributed by atoms with E-state index in [1.54, 1.807) is 0 Å². The lowest BCUT2D eigenvalue weighted by molar-refractivity contribution is -0.147. The van der Waals surface area contributed by atoms with E-state index in [9.17, 15) is 4.79 Å². The molecule has 0 aromatic heterocycles. The molecule has 0 spiro atoms. The van der Waals surface area contributed by atoms with Crippen LogP contribution in [0.1, 0.15) is 13.3 Å². The molecule has 2 atom stereocenters. The summed E-state index contributed by atoms with van der Waals surface area (Å²) in [5.74, 6) is 5.25. The minimum absolute atomic E-state index is 0.125. The fourth-order valence-corrected chi connectivity index (χ4v) is 0.907. The smallest absolute Gasteiger partial charge is 0.164 e. The lowest BCUT2D eigenvalue weighted by Gasteiger charge is -2.29. The maximum absolute atomic E-state index is 10.5. The van der Waals surface area contributed by atoms with Crippen molar-refractivity contribution in [1.82, 2.24) is 0 Å². The van der Waals surface area contributed by atoms with Crippen molar-refractivity contribution < 1.29 is 9.63 Å². The minimum atomic E-state index is -0.310. The van der Waals surface area contributed by atoms with Crippen LogP contribution in [0.25, 0.3) is 0 Å². The molecule has 0 radical (unpaired) electrons. The number of rotatable bonds is 1. The first-order chi connectivity index (χ1) is 3.75. The molecular formula is C5H9NO2. The van der Waals surface area contributed by atoms with Gasteiger partial charge in [0.15, 0.2) is 5.78 Å². The van der Waals surface area contributed by atoms with Gasteiger partial charge in [0.25, 0.3) is 0 Å². The van der Waals surface area contributed by atoms with Crippen LogP contribution in [0.15, 0.2) is 0 Å². The Morgan fingerprint density at radius 3 is 2.62 bits per heavy atom. The van der Waals surface area contributed by atoms with Crippen LogP contribution in [0.4, 0.5) is 0 Å². The summed E-state index contributed by atoms with van der Waals surface area (Å²) in [5.41, 5.74) is 0. The van der Waals surface area contributed by atoms with Gasteiger partial charge in [-0.15, -0.1) is 0 Å². The molecule has 2 N–H and O–H groups in total. The molecule has 8 heavy (non-hydrogen) atoms. The summed E-state index contributed by atoms with van der Waals surface area (Å²) < 4.78 is 0. The summed E-state index contributed by atoms with van der Waals surface area (Å²) in [6.07, 6.45) is 0.317. The Bertz CT molecular complexity index is 113. The second kappa shape index (κ2) is 1.84. The molecule has 1 saturated carbocycles. The van der Waals surface area contributed by atoms with E-state index in [0.29, 0.717) is 12.3 Å². The molecule has 0 saturated heterocycles. The Morgan fingerprint density at radius 2 is 2.50 bits per heavy atom. The van der Waals surface area contributed by atoms with Crippen LogP contribution in [0.5, 0.6) is 0 Å². The standard InChI is InChI=1S/C5H9NO2/c1-3-2-4(7)5(3)8-6/h3,5H,2,6H2,1H3. The van der Waals surface area contributed by atoms with Crippen molar-refractivity contribution in [3.8, 4) is 0 Å². The molecule has 3 nitrogen and oxygen atoms in total. The van der Waals surface area contributed by atoms with Gasteiger partial charge in [0.1, 0.15) is 6.10 Å². The van der Waals surface area contributed by atoms with E-state index in [4.69, 9.17) is 5.90 Å². The topological polar surface area (TPSA) is 52.3 Å². The van der Waals surface area contributed by atoms with E-state index in [1.807, 2.05) is 6.92 Å². The molecule has 1 fully saturated rings. The van der Waals surface area contributed by atoms with Crippen LogP contribution in [0.3, 0.4) is 0 Å². The molecule has 0 amide bonds. The summed E-state index contributed by atoms with van der Waals surface area (Å²) in [5, 5.41) is 0. The van der Waals surface area contributed by atoms with Crippen molar-refractivity contribution in [1.29, 1.82) is 0 Å². The van der Waals surface area contributed by atoms with E-state index in [1.165, 1.54) is 0 Å². The fraction of sp³-hybridized carbons (Fsp3) is 0.800. The van der Waals surface area contributed by atoms with E-state index in [2.05, 4.69) is 4.84 Å². The SMILES string of the molecule is CC1CC(=O)C1ON. The van der Waals surface area contributed by atoms with Gasteiger partial charge < -0.3 is 0 Å². The van der Waals surface area contributed by atoms with Crippen molar-refractivity contribution in [3.63, 3.8) is 0 Å². The highest BCUT2D eigenvalue weighted by molar-refractivity contribution is 5.89. The first kappa shape index (κ1) is 5.72. The Kier molecular flexibility index (Phi) is 1.31. The van der Waals surface area contributed by atoms with Gasteiger partial charge in [-0.1, -0.05) is 6.92 Å². The molecule has 0 heterocycles. The molecular weight excluding hydrogens is 106 g/mol. The summed E-state index contributed by atoms with van der Waals surface area (Å²) in [6, 6.07) is 0. The highest BCUT2D eigenvalue weighted by Crippen LogP contribution is 2.24. The number of carbonyl (C=O) groups excluding carboxylic acids is 1. The van der Waals surface area contributed by atoms with Gasteiger partial charge in [0.2, 0.25) is 0 Å². The second-order valence-electron chi connectivity index (χ2n) is 2.20. The zero-order valence-electron chi connectivity index (χ0n) is 4.76. The quantitative estimate of drug-likeness (QED) is 0.484. The first-order valence-corrected chi connectivity index (χ1v) is 2.64. The number of hydrogen-bond acceptors (Lipinski definition) is 3. The zero-order valence-corrected chi connectivity index (χ0v) is 4.76. The van der Waals surface area contributed by atoms with E-state index < -0.39 is 0 Å². The minimum Gasteiger partial charge on any atom is -0.297 e. The predicted octanol–water partition coefficient (Wildman–Crippen LogP) is -0.146. The Balaban J connectivity index is 2.40. The van der Waals surface area contributed by atoms with Crippen molar-refractivity contribution in [3.05, 3.63) is 0 Å². The molecule has 0 aliphatic heterocycles. The first-order valence-electron chi connectivity index (χ1n) is 2.64. The highest BCUT2D eigenvalue weighted by Gasteiger charge is 2.36. The molecule has 1 aliphatic rings. The number of carbonyl (C=O) groups is 1. The Labute approximate surface area is 47.8 Å². The van der Waals surface area contributed by atoms with Crippen LogP contribution < -0.4 is 5.90 Å². The van der Waals surface area contributed by atoms with Crippen LogP contribution in [-0.4, -0.2) is 11.9 Å². The predicted molar refractivity (Wildman–Crippen MR) is 27.8 cm³/mol. The lowest BCUT2D eigenvalue weighted by Crippen LogP contribution is -2.44. The summed E-state index contributed by atoms with van der Waals surface area (Å²) >= 11 is 0. The van der Waals surface area contributed by atoms with Gasteiger partial charge in [-0.05, 0) is 5.92 Å². The maximum atomic E-state index is 10.5. The number of ketones is 1. The molecule has 1 aliphatic carbocycles. The van der Waals surface area contributed by atoms with Crippen molar-refractivity contribution in [2.24, 2.45) is 11.8 Å². The molecule has 0 aromatic carbocycles. The average Bonchev–Trinajstić information content (AvgIpc) is 1.67. The third kappa shape index (κ3) is 0.638. The summed E-state index contributed by atoms with van der Waals surface area (Å²) in [6.45, 7) is 1.94. The van der Waals surface area contributed by atoms with Gasteiger partial charge in [0, 0.05) is 6.42 Å². The van der Waals surface area contributed by atoms with E-state index >= 15 is 0 Å². The monoisotopic (exact) mass is 115 g/mol. The van der Waals surface area contributed by atoms with Crippen molar-refractivity contribution in [2.75, 3.05) is 0 Å². The zero-order chi connectivity index (χ0) is 6.15. The average molecular weight is 115 g/mol. The third-order valence-electron chi connectivity index (χ3n) is 1.50. The molecule has 2 unspecified atom stereocenters. The van der Waals surface area contributed by atoms with Crippen molar-refractivity contribution >= 4 is 5.78 Å². The molecule has 0 aromatic rings. The van der Waals surface area contributed by atoms with E-state index in [0.717, 1.165) is 0 Å². The maximum Gasteiger partial charge on any atom is 0.164 e. The largest absolute Gasteiger partial charge is 0.297 e. The van der Waals surface area contributed by atoms with Gasteiger partial charge in [-0.25, -0.2) is 5.90 Å². The number of nitrogens with two attached hydrogens (primary N) is 1.